The van der Waals surface area contributed by atoms with Crippen LogP contribution in [0.2, 0.25) is 0 Å². The molecule has 6 nitrogen and oxygen atoms in total. The van der Waals surface area contributed by atoms with Crippen LogP contribution in [0.3, 0.4) is 0 Å². The molecule has 42 heavy (non-hydrogen) atoms. The number of likely N-dealkylation sites (tertiary alicyclic amines) is 2. The van der Waals surface area contributed by atoms with Crippen LogP contribution in [0, 0.1) is 0 Å². The Balaban J connectivity index is 1.34. The molecule has 0 aromatic heterocycles. The molecule has 0 bridgehead atoms. The lowest BCUT2D eigenvalue weighted by Crippen LogP contribution is -2.81. The molecule has 0 unspecified atom stereocenters. The molecule has 0 N–H and O–H groups in total. The highest BCUT2D eigenvalue weighted by Gasteiger charge is 2.64. The molecule has 214 valence electrons. The molecule has 6 atom stereocenters. The Kier molecular flexibility index (Phi) is 8.17. The SMILES string of the molecule is C[C@@H](c1ccccc1)N1C(=O)[C@@H](OCc2ccccc2)[C@H]1[C@@H]1[C@H](OCc2ccccc2)C(=O)N1[C@@H](C)c1ccccc1. The Labute approximate surface area is 247 Å². The van der Waals surface area contributed by atoms with Crippen LogP contribution in [0.4, 0.5) is 0 Å². The van der Waals surface area contributed by atoms with Crippen LogP contribution in [0.25, 0.3) is 0 Å². The summed E-state index contributed by atoms with van der Waals surface area (Å²) in [5.41, 5.74) is 4.06. The zero-order valence-electron chi connectivity index (χ0n) is 24.0. The predicted octanol–water partition coefficient (Wildman–Crippen LogP) is 6.10. The highest BCUT2D eigenvalue weighted by Crippen LogP contribution is 2.44. The highest BCUT2D eigenvalue weighted by molar-refractivity contribution is 5.94. The van der Waals surface area contributed by atoms with E-state index in [9.17, 15) is 9.59 Å². The van der Waals surface area contributed by atoms with Crippen LogP contribution in [0.1, 0.15) is 48.2 Å². The second-order valence-corrected chi connectivity index (χ2v) is 11.1. The van der Waals surface area contributed by atoms with E-state index in [1.54, 1.807) is 0 Å². The summed E-state index contributed by atoms with van der Waals surface area (Å²) < 4.78 is 12.7. The lowest BCUT2D eigenvalue weighted by molar-refractivity contribution is -0.220. The minimum atomic E-state index is -0.692. The number of rotatable bonds is 11. The van der Waals surface area contributed by atoms with E-state index in [4.69, 9.17) is 9.47 Å². The third-order valence-corrected chi connectivity index (χ3v) is 8.55. The summed E-state index contributed by atoms with van der Waals surface area (Å²) in [6, 6.07) is 38.6. The molecule has 2 saturated heterocycles. The Morgan fingerprint density at radius 2 is 0.833 bits per heavy atom. The maximum absolute atomic E-state index is 13.8. The molecule has 4 aromatic carbocycles. The van der Waals surface area contributed by atoms with Gasteiger partial charge in [-0.3, -0.25) is 9.59 Å². The highest BCUT2D eigenvalue weighted by atomic mass is 16.5. The molecule has 2 aliphatic heterocycles. The van der Waals surface area contributed by atoms with Crippen LogP contribution in [-0.4, -0.2) is 45.9 Å². The molecular formula is C36H36N2O4. The standard InChI is InChI=1S/C36H36N2O4/c1-25(29-19-11-5-12-20-29)37-31(33(35(37)39)41-23-27-15-7-3-8-16-27)32-34(42-24-28-17-9-4-10-18-28)36(40)38(32)26(2)30-21-13-6-14-22-30/h3-22,25-26,31-34H,23-24H2,1-2H3/t25-,26-,31+,32+,33-,34-/m0/s1. The zero-order valence-corrected chi connectivity index (χ0v) is 24.0. The molecule has 0 radical (unpaired) electrons. The van der Waals surface area contributed by atoms with Gasteiger partial charge in [0.15, 0.2) is 12.2 Å². The third-order valence-electron chi connectivity index (χ3n) is 8.55. The Morgan fingerprint density at radius 3 is 1.17 bits per heavy atom. The molecule has 6 heteroatoms. The van der Waals surface area contributed by atoms with Crippen LogP contribution in [0.5, 0.6) is 0 Å². The van der Waals surface area contributed by atoms with Crippen molar-refractivity contribution in [2.24, 2.45) is 0 Å². The fraction of sp³-hybridized carbons (Fsp3) is 0.278. The molecule has 6 rings (SSSR count). The van der Waals surface area contributed by atoms with Gasteiger partial charge in [0.1, 0.15) is 0 Å². The second kappa shape index (κ2) is 12.3. The number of ether oxygens (including phenoxy) is 2. The van der Waals surface area contributed by atoms with E-state index in [-0.39, 0.29) is 36.0 Å². The summed E-state index contributed by atoms with van der Waals surface area (Å²) >= 11 is 0. The van der Waals surface area contributed by atoms with Gasteiger partial charge in [0.2, 0.25) is 0 Å². The number of hydrogen-bond acceptors (Lipinski definition) is 4. The molecule has 0 saturated carbocycles. The molecule has 0 aliphatic carbocycles. The number of benzene rings is 4. The normalized spacial score (nSPS) is 23.2. The van der Waals surface area contributed by atoms with Gasteiger partial charge in [-0.1, -0.05) is 121 Å². The van der Waals surface area contributed by atoms with Gasteiger partial charge in [-0.25, -0.2) is 0 Å². The van der Waals surface area contributed by atoms with Crippen LogP contribution in [-0.2, 0) is 32.3 Å². The summed E-state index contributed by atoms with van der Waals surface area (Å²) in [5.74, 6) is -0.137. The molecule has 2 fully saturated rings. The van der Waals surface area contributed by atoms with Crippen molar-refractivity contribution >= 4 is 11.8 Å². The monoisotopic (exact) mass is 560 g/mol. The molecule has 2 heterocycles. The van der Waals surface area contributed by atoms with E-state index >= 15 is 0 Å². The van der Waals surface area contributed by atoms with Gasteiger partial charge >= 0.3 is 0 Å². The lowest BCUT2D eigenvalue weighted by atomic mass is 9.78. The summed E-state index contributed by atoms with van der Waals surface area (Å²) in [4.78, 5) is 31.4. The number of carbonyl (C=O) groups is 2. The van der Waals surface area contributed by atoms with Crippen molar-refractivity contribution in [3.8, 4) is 0 Å². The van der Waals surface area contributed by atoms with Gasteiger partial charge in [0, 0.05) is 0 Å². The number of nitrogens with zero attached hydrogens (tertiary/aromatic N) is 2. The van der Waals surface area contributed by atoms with Gasteiger partial charge in [-0.2, -0.15) is 0 Å². The van der Waals surface area contributed by atoms with Crippen LogP contribution < -0.4 is 0 Å². The summed E-state index contributed by atoms with van der Waals surface area (Å²) in [6.07, 6.45) is -1.38. The Hall–Kier alpha value is -4.26. The van der Waals surface area contributed by atoms with Crippen molar-refractivity contribution in [3.05, 3.63) is 144 Å². The third kappa shape index (κ3) is 5.36. The number of amides is 2. The fourth-order valence-electron chi connectivity index (χ4n) is 6.24. The van der Waals surface area contributed by atoms with Gasteiger partial charge in [0.25, 0.3) is 11.8 Å². The number of carbonyl (C=O) groups excluding carboxylic acids is 2. The smallest absolute Gasteiger partial charge is 0.254 e. The number of hydrogen-bond donors (Lipinski definition) is 0. The largest absolute Gasteiger partial charge is 0.361 e. The first-order valence-electron chi connectivity index (χ1n) is 14.6. The first kappa shape index (κ1) is 27.9. The molecule has 0 spiro atoms. The Morgan fingerprint density at radius 1 is 0.524 bits per heavy atom. The van der Waals surface area contributed by atoms with Gasteiger partial charge in [-0.05, 0) is 36.1 Å². The molecular weight excluding hydrogens is 524 g/mol. The number of β-lactam (4-membered cyclic amide) rings is 2. The maximum atomic E-state index is 13.8. The van der Waals surface area contributed by atoms with E-state index < -0.39 is 12.2 Å². The first-order valence-corrected chi connectivity index (χ1v) is 14.6. The van der Waals surface area contributed by atoms with E-state index in [2.05, 4.69) is 0 Å². The van der Waals surface area contributed by atoms with Gasteiger partial charge in [0.05, 0.1) is 37.4 Å². The van der Waals surface area contributed by atoms with Crippen molar-refractivity contribution in [1.29, 1.82) is 0 Å². The Bertz CT molecular complexity index is 1370. The first-order chi connectivity index (χ1) is 20.5. The maximum Gasteiger partial charge on any atom is 0.254 e. The molecule has 2 aliphatic rings. The van der Waals surface area contributed by atoms with Gasteiger partial charge in [-0.15, -0.1) is 0 Å². The van der Waals surface area contributed by atoms with Gasteiger partial charge < -0.3 is 19.3 Å². The van der Waals surface area contributed by atoms with Crippen molar-refractivity contribution in [3.63, 3.8) is 0 Å². The molecule has 2 amide bonds. The summed E-state index contributed by atoms with van der Waals surface area (Å²) in [5, 5.41) is 0. The van der Waals surface area contributed by atoms with E-state index in [1.165, 1.54) is 0 Å². The average Bonchev–Trinajstić information content (AvgIpc) is 3.04. The van der Waals surface area contributed by atoms with Crippen molar-refractivity contribution in [1.82, 2.24) is 9.80 Å². The van der Waals surface area contributed by atoms with E-state index in [0.717, 1.165) is 22.3 Å². The summed E-state index contributed by atoms with van der Waals surface area (Å²) in [6.45, 7) is 4.70. The van der Waals surface area contributed by atoms with Crippen molar-refractivity contribution < 1.29 is 19.1 Å². The summed E-state index contributed by atoms with van der Waals surface area (Å²) in [7, 11) is 0. The predicted molar refractivity (Wildman–Crippen MR) is 161 cm³/mol. The quantitative estimate of drug-likeness (QED) is 0.208. The van der Waals surface area contributed by atoms with Crippen molar-refractivity contribution in [2.75, 3.05) is 0 Å². The fourth-order valence-corrected chi connectivity index (χ4v) is 6.24. The topological polar surface area (TPSA) is 59.1 Å². The minimum Gasteiger partial charge on any atom is -0.361 e. The second-order valence-electron chi connectivity index (χ2n) is 11.1. The lowest BCUT2D eigenvalue weighted by Gasteiger charge is -2.61. The average molecular weight is 561 g/mol. The van der Waals surface area contributed by atoms with Crippen molar-refractivity contribution in [2.45, 2.75) is 63.4 Å². The van der Waals surface area contributed by atoms with Crippen LogP contribution >= 0.6 is 0 Å². The zero-order chi connectivity index (χ0) is 29.1. The van der Waals surface area contributed by atoms with Crippen LogP contribution in [0.15, 0.2) is 121 Å². The molecule has 4 aromatic rings. The van der Waals surface area contributed by atoms with E-state index in [1.807, 2.05) is 145 Å². The minimum absolute atomic E-state index is 0.0687. The van der Waals surface area contributed by atoms with E-state index in [0.29, 0.717) is 13.2 Å².